The number of rotatable bonds is 5. The maximum Gasteiger partial charge on any atom is 0.327 e. The van der Waals surface area contributed by atoms with Crippen LogP contribution in [0.2, 0.25) is 0 Å². The number of piperidine rings is 1. The first kappa shape index (κ1) is 20.6. The second-order valence-electron chi connectivity index (χ2n) is 8.08. The second kappa shape index (κ2) is 8.46. The molecule has 1 spiro atoms. The van der Waals surface area contributed by atoms with Gasteiger partial charge < -0.3 is 20.9 Å². The van der Waals surface area contributed by atoms with Crippen molar-refractivity contribution in [1.29, 1.82) is 0 Å². The average Bonchev–Trinajstić information content (AvgIpc) is 2.89. The van der Waals surface area contributed by atoms with Gasteiger partial charge in [-0.2, -0.15) is 0 Å². The highest BCUT2D eigenvalue weighted by Gasteiger charge is 2.56. The lowest BCUT2D eigenvalue weighted by Gasteiger charge is -2.36. The summed E-state index contributed by atoms with van der Waals surface area (Å²) in [5.41, 5.74) is 4.64. The summed E-state index contributed by atoms with van der Waals surface area (Å²) in [5.74, 6) is -0.902. The van der Waals surface area contributed by atoms with Crippen molar-refractivity contribution in [3.63, 3.8) is 0 Å². The summed E-state index contributed by atoms with van der Waals surface area (Å²) >= 11 is 0. The van der Waals surface area contributed by atoms with E-state index >= 15 is 0 Å². The van der Waals surface area contributed by atoms with E-state index in [1.807, 2.05) is 0 Å². The lowest BCUT2D eigenvalue weighted by Crippen LogP contribution is -2.51. The van der Waals surface area contributed by atoms with Crippen molar-refractivity contribution in [3.8, 4) is 0 Å². The second-order valence-corrected chi connectivity index (χ2v) is 8.08. The number of imide groups is 1. The number of amides is 5. The molecular formula is C19H31N5O4. The Morgan fingerprint density at radius 2 is 1.89 bits per heavy atom. The minimum Gasteiger partial charge on any atom is -0.355 e. The molecule has 3 rings (SSSR count). The van der Waals surface area contributed by atoms with Crippen molar-refractivity contribution in [2.24, 2.45) is 11.7 Å². The van der Waals surface area contributed by atoms with E-state index < -0.39 is 11.6 Å². The lowest BCUT2D eigenvalue weighted by molar-refractivity contribution is -0.142. The van der Waals surface area contributed by atoms with E-state index in [-0.39, 0.29) is 30.2 Å². The van der Waals surface area contributed by atoms with Crippen LogP contribution in [0.15, 0.2) is 0 Å². The van der Waals surface area contributed by atoms with Gasteiger partial charge in [0.1, 0.15) is 12.1 Å². The number of hydrogen-bond acceptors (Lipinski definition) is 5. The van der Waals surface area contributed by atoms with Gasteiger partial charge in [-0.3, -0.25) is 19.3 Å². The molecule has 2 heterocycles. The molecule has 1 atom stereocenters. The number of likely N-dealkylation sites (tertiary alicyclic amines) is 1. The first-order chi connectivity index (χ1) is 13.4. The van der Waals surface area contributed by atoms with Crippen LogP contribution >= 0.6 is 0 Å². The SMILES string of the molecule is CN1C(=O)N(CC(=O)N2CCCC(C(=O)NCCN)C2)C(=O)C12CCCCC2. The fourth-order valence-corrected chi connectivity index (χ4v) is 4.66. The summed E-state index contributed by atoms with van der Waals surface area (Å²) < 4.78 is 0. The molecule has 3 aliphatic rings. The fraction of sp³-hybridized carbons (Fsp3) is 0.789. The molecule has 3 fully saturated rings. The number of carbonyl (C=O) groups excluding carboxylic acids is 4. The molecule has 0 radical (unpaired) electrons. The summed E-state index contributed by atoms with van der Waals surface area (Å²) in [7, 11) is 1.66. The van der Waals surface area contributed by atoms with E-state index in [2.05, 4.69) is 5.32 Å². The van der Waals surface area contributed by atoms with Gasteiger partial charge in [-0.05, 0) is 25.7 Å². The summed E-state index contributed by atoms with van der Waals surface area (Å²) in [5, 5.41) is 2.77. The third-order valence-corrected chi connectivity index (χ3v) is 6.37. The van der Waals surface area contributed by atoms with Crippen LogP contribution in [0.4, 0.5) is 4.79 Å². The molecule has 3 N–H and O–H groups in total. The van der Waals surface area contributed by atoms with Gasteiger partial charge in [-0.1, -0.05) is 19.3 Å². The Morgan fingerprint density at radius 3 is 2.57 bits per heavy atom. The Bertz CT molecular complexity index is 646. The summed E-state index contributed by atoms with van der Waals surface area (Å²) in [4.78, 5) is 54.9. The molecule has 1 saturated carbocycles. The molecule has 0 aromatic heterocycles. The first-order valence-electron chi connectivity index (χ1n) is 10.3. The number of urea groups is 1. The van der Waals surface area contributed by atoms with Gasteiger partial charge in [0, 0.05) is 33.2 Å². The molecule has 2 aliphatic heterocycles. The molecule has 9 nitrogen and oxygen atoms in total. The van der Waals surface area contributed by atoms with Crippen molar-refractivity contribution in [1.82, 2.24) is 20.0 Å². The van der Waals surface area contributed by atoms with Crippen LogP contribution in [0.5, 0.6) is 0 Å². The maximum absolute atomic E-state index is 13.0. The number of nitrogens with zero attached hydrogens (tertiary/aromatic N) is 3. The minimum absolute atomic E-state index is 0.0998. The van der Waals surface area contributed by atoms with E-state index in [0.717, 1.165) is 30.6 Å². The monoisotopic (exact) mass is 393 g/mol. The topological polar surface area (TPSA) is 116 Å². The first-order valence-corrected chi connectivity index (χ1v) is 10.3. The van der Waals surface area contributed by atoms with Gasteiger partial charge in [0.25, 0.3) is 5.91 Å². The number of hydrogen-bond donors (Lipinski definition) is 2. The Balaban J connectivity index is 1.63. The summed E-state index contributed by atoms with van der Waals surface area (Å²) in [6.07, 6.45) is 5.65. The van der Waals surface area contributed by atoms with Gasteiger partial charge in [0.15, 0.2) is 0 Å². The molecule has 9 heteroatoms. The Kier molecular flexibility index (Phi) is 6.22. The van der Waals surface area contributed by atoms with E-state index in [1.165, 1.54) is 4.90 Å². The smallest absolute Gasteiger partial charge is 0.327 e. The highest BCUT2D eigenvalue weighted by molar-refractivity contribution is 6.09. The molecule has 28 heavy (non-hydrogen) atoms. The van der Waals surface area contributed by atoms with E-state index in [9.17, 15) is 19.2 Å². The quantitative estimate of drug-likeness (QED) is 0.633. The van der Waals surface area contributed by atoms with Crippen molar-refractivity contribution >= 4 is 23.8 Å². The summed E-state index contributed by atoms with van der Waals surface area (Å²) in [6, 6.07) is -0.394. The predicted octanol–water partition coefficient (Wildman–Crippen LogP) is -0.103. The van der Waals surface area contributed by atoms with Crippen LogP contribution in [0.3, 0.4) is 0 Å². The van der Waals surface area contributed by atoms with Crippen molar-refractivity contribution in [2.75, 3.05) is 39.8 Å². The molecule has 0 aromatic rings. The van der Waals surface area contributed by atoms with Crippen LogP contribution in [-0.2, 0) is 14.4 Å². The molecule has 0 aromatic carbocycles. The number of nitrogens with two attached hydrogens (primary N) is 1. The van der Waals surface area contributed by atoms with Crippen molar-refractivity contribution in [2.45, 2.75) is 50.5 Å². The third kappa shape index (κ3) is 3.72. The van der Waals surface area contributed by atoms with E-state index in [4.69, 9.17) is 5.73 Å². The Morgan fingerprint density at radius 1 is 1.18 bits per heavy atom. The zero-order chi connectivity index (χ0) is 20.3. The van der Waals surface area contributed by atoms with E-state index in [0.29, 0.717) is 45.4 Å². The molecule has 5 amide bonds. The maximum atomic E-state index is 13.0. The molecular weight excluding hydrogens is 362 g/mol. The number of likely N-dealkylation sites (N-methyl/N-ethyl adjacent to an activating group) is 1. The van der Waals surface area contributed by atoms with Crippen molar-refractivity contribution < 1.29 is 19.2 Å². The van der Waals surface area contributed by atoms with Gasteiger partial charge in [0.2, 0.25) is 11.8 Å². The Labute approximate surface area is 165 Å². The van der Waals surface area contributed by atoms with Gasteiger partial charge >= 0.3 is 6.03 Å². The predicted molar refractivity (Wildman–Crippen MR) is 102 cm³/mol. The largest absolute Gasteiger partial charge is 0.355 e. The van der Waals surface area contributed by atoms with Crippen LogP contribution in [-0.4, -0.2) is 83.8 Å². The molecule has 1 aliphatic carbocycles. The zero-order valence-electron chi connectivity index (χ0n) is 16.6. The van der Waals surface area contributed by atoms with Crippen LogP contribution in [0, 0.1) is 5.92 Å². The third-order valence-electron chi connectivity index (χ3n) is 6.37. The minimum atomic E-state index is -0.776. The van der Waals surface area contributed by atoms with Crippen LogP contribution in [0.1, 0.15) is 44.9 Å². The van der Waals surface area contributed by atoms with Crippen LogP contribution < -0.4 is 11.1 Å². The number of nitrogens with one attached hydrogen (secondary N) is 1. The highest BCUT2D eigenvalue weighted by atomic mass is 16.2. The summed E-state index contributed by atoms with van der Waals surface area (Å²) in [6.45, 7) is 1.38. The average molecular weight is 393 g/mol. The molecule has 1 unspecified atom stereocenters. The van der Waals surface area contributed by atoms with Gasteiger partial charge in [-0.15, -0.1) is 0 Å². The fourth-order valence-electron chi connectivity index (χ4n) is 4.66. The van der Waals surface area contributed by atoms with Gasteiger partial charge in [-0.25, -0.2) is 4.79 Å². The van der Waals surface area contributed by atoms with Gasteiger partial charge in [0.05, 0.1) is 5.92 Å². The normalized spacial score (nSPS) is 24.8. The highest BCUT2D eigenvalue weighted by Crippen LogP contribution is 2.39. The van der Waals surface area contributed by atoms with E-state index in [1.54, 1.807) is 11.9 Å². The molecule has 156 valence electrons. The molecule has 0 bridgehead atoms. The zero-order valence-corrected chi connectivity index (χ0v) is 16.6. The molecule has 2 saturated heterocycles. The standard InChI is InChI=1S/C19H31N5O4/c1-22-18(28)24(17(27)19(22)7-3-2-4-8-19)13-15(25)23-11-5-6-14(12-23)16(26)21-10-9-20/h14H,2-13,20H2,1H3,(H,21,26). The number of carbonyl (C=O) groups is 4. The van der Waals surface area contributed by atoms with Crippen molar-refractivity contribution in [3.05, 3.63) is 0 Å². The Hall–Kier alpha value is -2.16. The lowest BCUT2D eigenvalue weighted by atomic mass is 9.81. The van der Waals surface area contributed by atoms with Crippen LogP contribution in [0.25, 0.3) is 0 Å².